The Balaban J connectivity index is 0.000000667. The highest BCUT2D eigenvalue weighted by atomic mass is 32.2. The number of likely N-dealkylation sites (tertiary alicyclic amines) is 1. The maximum atomic E-state index is 12.0. The van der Waals surface area contributed by atoms with E-state index in [2.05, 4.69) is 11.1 Å². The summed E-state index contributed by atoms with van der Waals surface area (Å²) in [6.45, 7) is 0.820. The van der Waals surface area contributed by atoms with Crippen molar-refractivity contribution in [3.63, 3.8) is 0 Å². The van der Waals surface area contributed by atoms with Gasteiger partial charge in [0.2, 0.25) is 17.7 Å². The lowest BCUT2D eigenvalue weighted by atomic mass is 9.82. The second-order valence-electron chi connectivity index (χ2n) is 6.18. The lowest BCUT2D eigenvalue weighted by Gasteiger charge is -2.28. The molecule has 8 nitrogen and oxygen atoms in total. The molecule has 1 saturated carbocycles. The second kappa shape index (κ2) is 13.7. The molecule has 2 fully saturated rings. The number of carbonyl (C=O) groups is 4. The van der Waals surface area contributed by atoms with Crippen molar-refractivity contribution in [1.82, 2.24) is 10.2 Å². The van der Waals surface area contributed by atoms with Crippen molar-refractivity contribution in [2.45, 2.75) is 37.4 Å². The topological polar surface area (TPSA) is 136 Å². The van der Waals surface area contributed by atoms with Crippen LogP contribution in [0.3, 0.4) is 0 Å². The van der Waals surface area contributed by atoms with E-state index in [-0.39, 0.29) is 35.4 Å². The Morgan fingerprint density at radius 1 is 1.27 bits per heavy atom. The van der Waals surface area contributed by atoms with Crippen LogP contribution in [0, 0.1) is 11.8 Å². The Kier molecular flexibility index (Phi) is 12.9. The first-order chi connectivity index (χ1) is 12.4. The molecule has 0 bridgehead atoms. The van der Waals surface area contributed by atoms with Gasteiger partial charge in [-0.2, -0.15) is 11.8 Å². The summed E-state index contributed by atoms with van der Waals surface area (Å²) in [6.07, 6.45) is 6.95. The minimum absolute atomic E-state index is 0.0231. The van der Waals surface area contributed by atoms with Crippen LogP contribution in [-0.4, -0.2) is 67.6 Å². The fraction of sp³-hybridized carbons (Fsp3) is 0.765. The first-order valence-electron chi connectivity index (χ1n) is 8.75. The van der Waals surface area contributed by atoms with Crippen LogP contribution >= 0.6 is 11.8 Å². The first-order valence-corrected chi connectivity index (χ1v) is 10.0. The van der Waals surface area contributed by atoms with Crippen LogP contribution < -0.4 is 16.8 Å². The number of primary amides is 1. The normalized spacial score (nSPS) is 24.9. The number of thioether (sulfide) groups is 1. The molecule has 9 heteroatoms. The van der Waals surface area contributed by atoms with Crippen LogP contribution in [0.1, 0.15) is 32.1 Å². The van der Waals surface area contributed by atoms with Gasteiger partial charge in [-0.15, -0.1) is 0 Å². The van der Waals surface area contributed by atoms with Crippen molar-refractivity contribution < 1.29 is 19.2 Å². The van der Waals surface area contributed by atoms with E-state index >= 15 is 0 Å². The molecule has 0 aromatic heterocycles. The highest BCUT2D eigenvalue weighted by molar-refractivity contribution is 8.00. The first kappa shape index (κ1) is 24.6. The van der Waals surface area contributed by atoms with E-state index in [4.69, 9.17) is 5.73 Å². The Labute approximate surface area is 159 Å². The van der Waals surface area contributed by atoms with Crippen LogP contribution in [0.2, 0.25) is 0 Å². The van der Waals surface area contributed by atoms with Crippen molar-refractivity contribution in [3.05, 3.63) is 0 Å². The van der Waals surface area contributed by atoms with Gasteiger partial charge in [0.1, 0.15) is 6.29 Å². The lowest BCUT2D eigenvalue weighted by Crippen LogP contribution is -2.37. The third-order valence-electron chi connectivity index (χ3n) is 4.36. The van der Waals surface area contributed by atoms with Crippen LogP contribution in [0.25, 0.3) is 0 Å². The summed E-state index contributed by atoms with van der Waals surface area (Å²) in [6, 6.07) is 0. The van der Waals surface area contributed by atoms with E-state index in [1.807, 2.05) is 6.26 Å². The van der Waals surface area contributed by atoms with Crippen LogP contribution in [0.4, 0.5) is 0 Å². The van der Waals surface area contributed by atoms with E-state index in [1.165, 1.54) is 23.7 Å². The Bertz CT molecular complexity index is 468. The zero-order valence-corrected chi connectivity index (χ0v) is 16.7. The molecule has 1 aliphatic carbocycles. The molecule has 26 heavy (non-hydrogen) atoms. The number of likely N-dealkylation sites (N-methyl/N-ethyl adjacent to an activating group) is 1. The Morgan fingerprint density at radius 3 is 2.19 bits per heavy atom. The zero-order valence-electron chi connectivity index (χ0n) is 15.9. The van der Waals surface area contributed by atoms with E-state index in [0.29, 0.717) is 18.9 Å². The predicted molar refractivity (Wildman–Crippen MR) is 103 cm³/mol. The molecule has 1 atom stereocenters. The fourth-order valence-electron chi connectivity index (χ4n) is 2.97. The summed E-state index contributed by atoms with van der Waals surface area (Å²) in [7, 11) is 3.17. The smallest absolute Gasteiger partial charge is 0.242 e. The third-order valence-corrected chi connectivity index (χ3v) is 5.30. The number of carbonyl (C=O) groups excluding carboxylic acids is 4. The molecular formula is C17H32N4O4S. The van der Waals surface area contributed by atoms with Crippen LogP contribution in [0.5, 0.6) is 0 Å². The number of hydrogen-bond donors (Lipinski definition) is 3. The number of nitrogens with one attached hydrogen (secondary N) is 1. The molecule has 1 aliphatic heterocycles. The molecule has 150 valence electrons. The van der Waals surface area contributed by atoms with Crippen LogP contribution in [-0.2, 0) is 19.2 Å². The molecule has 5 N–H and O–H groups in total. The summed E-state index contributed by atoms with van der Waals surface area (Å²) >= 11 is 1.46. The van der Waals surface area contributed by atoms with Gasteiger partial charge in [0.15, 0.2) is 0 Å². The molecular weight excluding hydrogens is 356 g/mol. The van der Waals surface area contributed by atoms with Crippen molar-refractivity contribution >= 4 is 35.8 Å². The summed E-state index contributed by atoms with van der Waals surface area (Å²) in [5.74, 6) is 0.194. The Hall–Kier alpha value is -1.45. The molecule has 2 rings (SSSR count). The van der Waals surface area contributed by atoms with Crippen LogP contribution in [0.15, 0.2) is 0 Å². The third kappa shape index (κ3) is 8.29. The van der Waals surface area contributed by atoms with Crippen molar-refractivity contribution in [3.8, 4) is 0 Å². The fourth-order valence-corrected chi connectivity index (χ4v) is 3.61. The average molecular weight is 389 g/mol. The average Bonchev–Trinajstić information content (AvgIpc) is 2.92. The molecule has 0 aromatic carbocycles. The van der Waals surface area contributed by atoms with Gasteiger partial charge in [0.25, 0.3) is 0 Å². The van der Waals surface area contributed by atoms with E-state index in [9.17, 15) is 19.2 Å². The number of amides is 3. The minimum Gasteiger partial charge on any atom is -0.369 e. The lowest BCUT2D eigenvalue weighted by molar-refractivity contribution is -0.139. The predicted octanol–water partition coefficient (Wildman–Crippen LogP) is -0.252. The molecule has 0 aromatic rings. The molecule has 1 saturated heterocycles. The van der Waals surface area contributed by atoms with Crippen molar-refractivity contribution in [2.24, 2.45) is 23.3 Å². The number of hydrogen-bond acceptors (Lipinski definition) is 7. The van der Waals surface area contributed by atoms with Gasteiger partial charge in [0, 0.05) is 18.9 Å². The monoisotopic (exact) mass is 388 g/mol. The van der Waals surface area contributed by atoms with Crippen molar-refractivity contribution in [1.29, 1.82) is 0 Å². The van der Waals surface area contributed by atoms with Gasteiger partial charge >= 0.3 is 0 Å². The highest BCUT2D eigenvalue weighted by Crippen LogP contribution is 2.30. The van der Waals surface area contributed by atoms with Gasteiger partial charge in [-0.1, -0.05) is 0 Å². The number of nitrogens with zero attached hydrogens (tertiary/aromatic N) is 1. The number of imide groups is 1. The molecule has 1 heterocycles. The molecule has 0 spiro atoms. The molecule has 1 unspecified atom stereocenters. The summed E-state index contributed by atoms with van der Waals surface area (Å²) in [5, 5.41) is 2.42. The molecule has 2 aliphatic rings. The Morgan fingerprint density at radius 2 is 1.85 bits per heavy atom. The summed E-state index contributed by atoms with van der Waals surface area (Å²) in [5.41, 5.74) is 9.20. The van der Waals surface area contributed by atoms with E-state index < -0.39 is 0 Å². The highest BCUT2D eigenvalue weighted by Gasteiger charge is 2.39. The molecule has 0 radical (unpaired) electrons. The van der Waals surface area contributed by atoms with Gasteiger partial charge < -0.3 is 21.6 Å². The van der Waals surface area contributed by atoms with E-state index in [0.717, 1.165) is 32.0 Å². The summed E-state index contributed by atoms with van der Waals surface area (Å²) < 4.78 is 0. The van der Waals surface area contributed by atoms with E-state index in [1.54, 1.807) is 7.05 Å². The largest absolute Gasteiger partial charge is 0.369 e. The maximum Gasteiger partial charge on any atom is 0.242 e. The standard InChI is InChI=1S/C13H19NO3S.C3H8N2O.CH5N/c1-18-11-6-12(16)14(13(11)17)7-9-2-4-10(8-15)5-3-9;1-5-2-3(4)6;1-2/h8-11H,2-7H2,1H3;5H,2H2,1H3,(H2,4,6);2H2,1H3. The quantitative estimate of drug-likeness (QED) is 0.421. The second-order valence-corrected chi connectivity index (χ2v) is 7.23. The van der Waals surface area contributed by atoms with Gasteiger partial charge in [-0.05, 0) is 52.0 Å². The molecule has 3 amide bonds. The summed E-state index contributed by atoms with van der Waals surface area (Å²) in [4.78, 5) is 45.6. The maximum absolute atomic E-state index is 12.0. The number of aldehydes is 1. The number of nitrogens with two attached hydrogens (primary N) is 2. The number of rotatable bonds is 6. The van der Waals surface area contributed by atoms with Crippen molar-refractivity contribution in [2.75, 3.05) is 33.4 Å². The van der Waals surface area contributed by atoms with Gasteiger partial charge in [-0.25, -0.2) is 0 Å². The zero-order chi connectivity index (χ0) is 20.1. The van der Waals surface area contributed by atoms with Gasteiger partial charge in [0.05, 0.1) is 11.8 Å². The minimum atomic E-state index is -0.322. The van der Waals surface area contributed by atoms with Gasteiger partial charge in [-0.3, -0.25) is 19.3 Å². The SMILES string of the molecule is CN.CNCC(N)=O.CSC1CC(=O)N(CC2CCC(C=O)CC2)C1=O.